The highest BCUT2D eigenvalue weighted by molar-refractivity contribution is 7.40. The van der Waals surface area contributed by atoms with Crippen molar-refractivity contribution in [3.8, 4) is 0 Å². The lowest BCUT2D eigenvalue weighted by molar-refractivity contribution is -0.154. The maximum Gasteiger partial charge on any atom is 0.314 e. The number of hydrogen-bond acceptors (Lipinski definition) is 3. The highest BCUT2D eigenvalue weighted by atomic mass is 31.1. The Morgan fingerprint density at radius 1 is 1.33 bits per heavy atom. The van der Waals surface area contributed by atoms with Crippen molar-refractivity contribution in [3.63, 3.8) is 0 Å². The fraction of sp³-hybridized carbons (Fsp3) is 0.588. The molecule has 1 saturated heterocycles. The summed E-state index contributed by atoms with van der Waals surface area (Å²) < 4.78 is 5.57. The summed E-state index contributed by atoms with van der Waals surface area (Å²) >= 11 is 0. The zero-order valence-corrected chi connectivity index (χ0v) is 14.3. The Hall–Kier alpha value is -0.920. The number of ether oxygens (including phenoxy) is 1. The molecule has 3 nitrogen and oxygen atoms in total. The summed E-state index contributed by atoms with van der Waals surface area (Å²) in [6, 6.07) is 10.5. The molecule has 1 aliphatic rings. The highest BCUT2D eigenvalue weighted by Crippen LogP contribution is 2.28. The predicted molar refractivity (Wildman–Crippen MR) is 89.2 cm³/mol. The Kier molecular flexibility index (Phi) is 5.78. The fourth-order valence-electron chi connectivity index (χ4n) is 2.51. The van der Waals surface area contributed by atoms with Crippen LogP contribution in [0.2, 0.25) is 0 Å². The van der Waals surface area contributed by atoms with Crippen LogP contribution in [0, 0.1) is 0 Å². The standard InChI is InChI=1S/C17H26NO2P/c1-17(2,3)20-16(19)15-13-18(10-7-11-21-15)12-14-8-5-4-6-9-14/h4-6,8-9,15,21H,7,10-13H2,1-3H3. The van der Waals surface area contributed by atoms with Crippen molar-refractivity contribution in [3.05, 3.63) is 35.9 Å². The van der Waals surface area contributed by atoms with Gasteiger partial charge < -0.3 is 4.74 Å². The third-order valence-electron chi connectivity index (χ3n) is 3.42. The van der Waals surface area contributed by atoms with Crippen LogP contribution in [0.15, 0.2) is 30.3 Å². The van der Waals surface area contributed by atoms with Gasteiger partial charge in [-0.1, -0.05) is 30.3 Å². The lowest BCUT2D eigenvalue weighted by Crippen LogP contribution is -2.37. The van der Waals surface area contributed by atoms with Crippen LogP contribution in [-0.4, -0.2) is 41.4 Å². The van der Waals surface area contributed by atoms with E-state index in [2.05, 4.69) is 29.2 Å². The van der Waals surface area contributed by atoms with Gasteiger partial charge in [0.05, 0.1) is 5.66 Å². The molecule has 1 aromatic rings. The second-order valence-corrected chi connectivity index (χ2v) is 8.22. The molecule has 1 heterocycles. The second kappa shape index (κ2) is 7.38. The molecular formula is C17H26NO2P. The largest absolute Gasteiger partial charge is 0.459 e. The Bertz CT molecular complexity index is 456. The molecule has 0 N–H and O–H groups in total. The second-order valence-electron chi connectivity index (χ2n) is 6.61. The van der Waals surface area contributed by atoms with E-state index < -0.39 is 5.60 Å². The number of carbonyl (C=O) groups excluding carboxylic acids is 1. The first-order chi connectivity index (χ1) is 9.94. The molecule has 1 aliphatic heterocycles. The molecule has 2 rings (SSSR count). The van der Waals surface area contributed by atoms with E-state index in [0.717, 1.165) is 25.8 Å². The summed E-state index contributed by atoms with van der Waals surface area (Å²) in [5.41, 5.74) is 0.958. The van der Waals surface area contributed by atoms with Crippen LogP contribution in [-0.2, 0) is 16.1 Å². The fourth-order valence-corrected chi connectivity index (χ4v) is 3.83. The average Bonchev–Trinajstić information content (AvgIpc) is 2.64. The van der Waals surface area contributed by atoms with Crippen LogP contribution >= 0.6 is 8.58 Å². The van der Waals surface area contributed by atoms with Gasteiger partial charge in [-0.3, -0.25) is 9.69 Å². The maximum absolute atomic E-state index is 12.3. The molecule has 1 aromatic carbocycles. The highest BCUT2D eigenvalue weighted by Gasteiger charge is 2.28. The lowest BCUT2D eigenvalue weighted by Gasteiger charge is -2.26. The van der Waals surface area contributed by atoms with Gasteiger partial charge in [0, 0.05) is 13.1 Å². The number of hydrogen-bond donors (Lipinski definition) is 0. The molecule has 4 heteroatoms. The molecule has 21 heavy (non-hydrogen) atoms. The average molecular weight is 307 g/mol. The van der Waals surface area contributed by atoms with E-state index in [1.165, 1.54) is 12.0 Å². The molecule has 2 unspecified atom stereocenters. The lowest BCUT2D eigenvalue weighted by atomic mass is 10.2. The maximum atomic E-state index is 12.3. The van der Waals surface area contributed by atoms with Crippen LogP contribution in [0.3, 0.4) is 0 Å². The molecule has 0 amide bonds. The Labute approximate surface area is 129 Å². The summed E-state index contributed by atoms with van der Waals surface area (Å²) in [7, 11) is 0.683. The van der Waals surface area contributed by atoms with Gasteiger partial charge in [-0.05, 0) is 45.5 Å². The summed E-state index contributed by atoms with van der Waals surface area (Å²) in [6.45, 7) is 8.62. The minimum Gasteiger partial charge on any atom is -0.459 e. The monoisotopic (exact) mass is 307 g/mol. The van der Waals surface area contributed by atoms with E-state index in [1.807, 2.05) is 26.8 Å². The molecule has 0 saturated carbocycles. The van der Waals surface area contributed by atoms with Gasteiger partial charge in [0.25, 0.3) is 0 Å². The summed E-state index contributed by atoms with van der Waals surface area (Å²) in [4.78, 5) is 14.7. The normalized spacial score (nSPS) is 22.0. The molecule has 0 bridgehead atoms. The molecule has 0 spiro atoms. The number of esters is 1. The van der Waals surface area contributed by atoms with Crippen molar-refractivity contribution in [2.45, 2.75) is 45.0 Å². The first kappa shape index (κ1) is 16.5. The van der Waals surface area contributed by atoms with Crippen LogP contribution in [0.5, 0.6) is 0 Å². The first-order valence-corrected chi connectivity index (χ1v) is 8.95. The van der Waals surface area contributed by atoms with Crippen LogP contribution < -0.4 is 0 Å². The van der Waals surface area contributed by atoms with E-state index in [4.69, 9.17) is 4.74 Å². The molecule has 0 aromatic heterocycles. The van der Waals surface area contributed by atoms with Gasteiger partial charge in [-0.15, -0.1) is 8.58 Å². The Morgan fingerprint density at radius 3 is 2.71 bits per heavy atom. The van der Waals surface area contributed by atoms with E-state index >= 15 is 0 Å². The summed E-state index contributed by atoms with van der Waals surface area (Å²) in [6.07, 6.45) is 2.31. The van der Waals surface area contributed by atoms with Gasteiger partial charge in [-0.25, -0.2) is 0 Å². The molecule has 2 atom stereocenters. The van der Waals surface area contributed by atoms with Crippen molar-refractivity contribution in [1.29, 1.82) is 0 Å². The van der Waals surface area contributed by atoms with E-state index in [1.54, 1.807) is 0 Å². The van der Waals surface area contributed by atoms with Crippen molar-refractivity contribution in [2.24, 2.45) is 0 Å². The van der Waals surface area contributed by atoms with Crippen LogP contribution in [0.25, 0.3) is 0 Å². The third kappa shape index (κ3) is 5.76. The van der Waals surface area contributed by atoms with Crippen molar-refractivity contribution in [1.82, 2.24) is 4.90 Å². The summed E-state index contributed by atoms with van der Waals surface area (Å²) in [5.74, 6) is -0.0270. The number of nitrogens with zero attached hydrogens (tertiary/aromatic N) is 1. The molecular weight excluding hydrogens is 281 g/mol. The molecule has 1 fully saturated rings. The zero-order chi connectivity index (χ0) is 15.3. The van der Waals surface area contributed by atoms with Gasteiger partial charge in [-0.2, -0.15) is 0 Å². The number of rotatable bonds is 3. The molecule has 0 aliphatic carbocycles. The Balaban J connectivity index is 1.96. The van der Waals surface area contributed by atoms with E-state index in [9.17, 15) is 4.79 Å². The van der Waals surface area contributed by atoms with E-state index in [0.29, 0.717) is 8.58 Å². The zero-order valence-electron chi connectivity index (χ0n) is 13.3. The van der Waals surface area contributed by atoms with Crippen molar-refractivity contribution in [2.75, 3.05) is 19.3 Å². The van der Waals surface area contributed by atoms with Crippen LogP contribution in [0.1, 0.15) is 32.8 Å². The first-order valence-electron chi connectivity index (χ1n) is 7.66. The predicted octanol–water partition coefficient (Wildman–Crippen LogP) is 3.28. The number of benzene rings is 1. The number of carbonyl (C=O) groups is 1. The minimum atomic E-state index is -0.391. The van der Waals surface area contributed by atoms with Crippen molar-refractivity contribution < 1.29 is 9.53 Å². The van der Waals surface area contributed by atoms with E-state index in [-0.39, 0.29) is 11.6 Å². The van der Waals surface area contributed by atoms with Gasteiger partial charge in [0.1, 0.15) is 5.60 Å². The third-order valence-corrected chi connectivity index (χ3v) is 4.98. The summed E-state index contributed by atoms with van der Waals surface area (Å²) in [5, 5.41) is 0. The van der Waals surface area contributed by atoms with Crippen LogP contribution in [0.4, 0.5) is 0 Å². The van der Waals surface area contributed by atoms with Gasteiger partial charge >= 0.3 is 5.97 Å². The quantitative estimate of drug-likeness (QED) is 0.634. The smallest absolute Gasteiger partial charge is 0.314 e. The minimum absolute atomic E-state index is 0.0270. The topological polar surface area (TPSA) is 29.5 Å². The van der Waals surface area contributed by atoms with Gasteiger partial charge in [0.2, 0.25) is 0 Å². The SMILES string of the molecule is CC(C)(C)OC(=O)C1CN(Cc2ccccc2)CCCP1. The Morgan fingerprint density at radius 2 is 2.05 bits per heavy atom. The van der Waals surface area contributed by atoms with Gasteiger partial charge in [0.15, 0.2) is 0 Å². The van der Waals surface area contributed by atoms with Crippen molar-refractivity contribution >= 4 is 14.6 Å². The molecule has 116 valence electrons. The molecule has 0 radical (unpaired) electrons.